The molecule has 0 saturated carbocycles. The van der Waals surface area contributed by atoms with E-state index in [1.807, 2.05) is 12.1 Å². The summed E-state index contributed by atoms with van der Waals surface area (Å²) in [6.45, 7) is 5.16. The van der Waals surface area contributed by atoms with Crippen molar-refractivity contribution in [2.75, 3.05) is 19.6 Å². The summed E-state index contributed by atoms with van der Waals surface area (Å²) in [5.41, 5.74) is 7.23. The minimum atomic E-state index is 0.250. The zero-order chi connectivity index (χ0) is 15.2. The number of hydrogen-bond acceptors (Lipinski definition) is 2. The maximum atomic E-state index is 6.16. The van der Waals surface area contributed by atoms with Crippen molar-refractivity contribution in [2.45, 2.75) is 45.1 Å². The van der Waals surface area contributed by atoms with Gasteiger partial charge in [-0.05, 0) is 56.0 Å². The van der Waals surface area contributed by atoms with Gasteiger partial charge in [0.25, 0.3) is 0 Å². The third-order valence-corrected chi connectivity index (χ3v) is 5.31. The molecule has 2 N–H and O–H groups in total. The Morgan fingerprint density at radius 3 is 2.71 bits per heavy atom. The molecule has 2 rings (SSSR count). The third-order valence-electron chi connectivity index (χ3n) is 4.57. The smallest absolute Gasteiger partial charge is 0.0595 e. The zero-order valence-corrected chi connectivity index (χ0v) is 14.3. The Morgan fingerprint density at radius 2 is 2.05 bits per heavy atom. The number of hydrogen-bond donors (Lipinski definition) is 1. The summed E-state index contributed by atoms with van der Waals surface area (Å²) in [5.74, 6) is 0.882. The summed E-state index contributed by atoms with van der Waals surface area (Å²) in [5, 5.41) is 1.22. The monoisotopic (exact) mass is 328 g/mol. The quantitative estimate of drug-likeness (QED) is 0.833. The molecule has 0 aliphatic carbocycles. The number of nitrogens with zero attached hydrogens (tertiary/aromatic N) is 1. The highest BCUT2D eigenvalue weighted by Crippen LogP contribution is 2.31. The first-order chi connectivity index (χ1) is 10.2. The predicted octanol–water partition coefficient (Wildman–Crippen LogP) is 4.90. The lowest BCUT2D eigenvalue weighted by Crippen LogP contribution is -2.34. The number of nitrogens with two attached hydrogens (primary N) is 1. The van der Waals surface area contributed by atoms with E-state index in [4.69, 9.17) is 28.9 Å². The van der Waals surface area contributed by atoms with Crippen LogP contribution in [0.3, 0.4) is 0 Å². The van der Waals surface area contributed by atoms with Crippen LogP contribution < -0.4 is 5.73 Å². The molecule has 0 aromatic heterocycles. The van der Waals surface area contributed by atoms with Crippen molar-refractivity contribution in [2.24, 2.45) is 11.7 Å². The minimum absolute atomic E-state index is 0.250. The largest absolute Gasteiger partial charge is 0.329 e. The molecule has 1 heterocycles. The average Bonchev–Trinajstić information content (AvgIpc) is 2.70. The van der Waals surface area contributed by atoms with Crippen LogP contribution in [0, 0.1) is 5.92 Å². The second-order valence-electron chi connectivity index (χ2n) is 6.05. The van der Waals surface area contributed by atoms with Crippen molar-refractivity contribution in [1.82, 2.24) is 4.90 Å². The molecular formula is C17H26Cl2N2. The summed E-state index contributed by atoms with van der Waals surface area (Å²) in [6.07, 6.45) is 6.54. The minimum Gasteiger partial charge on any atom is -0.329 e. The number of rotatable bonds is 5. The molecule has 2 unspecified atom stereocenters. The first-order valence-electron chi connectivity index (χ1n) is 8.04. The number of likely N-dealkylation sites (tertiary alicyclic amines) is 1. The van der Waals surface area contributed by atoms with Gasteiger partial charge in [-0.2, -0.15) is 0 Å². The molecule has 1 fully saturated rings. The van der Waals surface area contributed by atoms with E-state index in [-0.39, 0.29) is 6.04 Å². The highest BCUT2D eigenvalue weighted by molar-refractivity contribution is 6.42. The van der Waals surface area contributed by atoms with E-state index in [1.54, 1.807) is 0 Å². The lowest BCUT2D eigenvalue weighted by atomic mass is 9.96. The molecule has 0 bridgehead atoms. The van der Waals surface area contributed by atoms with Crippen LogP contribution >= 0.6 is 23.2 Å². The molecule has 21 heavy (non-hydrogen) atoms. The van der Waals surface area contributed by atoms with Crippen molar-refractivity contribution < 1.29 is 0 Å². The maximum absolute atomic E-state index is 6.16. The van der Waals surface area contributed by atoms with Crippen molar-refractivity contribution >= 4 is 23.2 Å². The van der Waals surface area contributed by atoms with Gasteiger partial charge in [0.2, 0.25) is 0 Å². The predicted molar refractivity (Wildman–Crippen MR) is 92.1 cm³/mol. The highest BCUT2D eigenvalue weighted by atomic mass is 35.5. The molecule has 0 amide bonds. The molecular weight excluding hydrogens is 303 g/mol. The van der Waals surface area contributed by atoms with Crippen LogP contribution in [0.5, 0.6) is 0 Å². The second-order valence-corrected chi connectivity index (χ2v) is 6.86. The van der Waals surface area contributed by atoms with Crippen LogP contribution in [-0.4, -0.2) is 24.5 Å². The molecule has 0 spiro atoms. The summed E-state index contributed by atoms with van der Waals surface area (Å²) in [7, 11) is 0. The Kier molecular flexibility index (Phi) is 6.81. The summed E-state index contributed by atoms with van der Waals surface area (Å²) in [6, 6.07) is 6.15. The fraction of sp³-hybridized carbons (Fsp3) is 0.647. The van der Waals surface area contributed by atoms with Gasteiger partial charge in [-0.15, -0.1) is 0 Å². The van der Waals surface area contributed by atoms with Gasteiger partial charge in [0.1, 0.15) is 0 Å². The lowest BCUT2D eigenvalue weighted by molar-refractivity contribution is 0.206. The van der Waals surface area contributed by atoms with Gasteiger partial charge in [-0.3, -0.25) is 4.90 Å². The van der Waals surface area contributed by atoms with Crippen LogP contribution in [0.25, 0.3) is 0 Å². The molecule has 2 nitrogen and oxygen atoms in total. The SMILES string of the molecule is CCCC1CCCN(C(CN)c2ccc(Cl)c(Cl)c2)CC1. The fourth-order valence-electron chi connectivity index (χ4n) is 3.41. The molecule has 118 valence electrons. The topological polar surface area (TPSA) is 29.3 Å². The first-order valence-corrected chi connectivity index (χ1v) is 8.80. The van der Waals surface area contributed by atoms with Crippen LogP contribution in [0.1, 0.15) is 50.6 Å². The van der Waals surface area contributed by atoms with Gasteiger partial charge < -0.3 is 5.73 Å². The molecule has 1 aliphatic rings. The van der Waals surface area contributed by atoms with Crippen molar-refractivity contribution in [3.05, 3.63) is 33.8 Å². The standard InChI is InChI=1S/C17H26Cl2N2/c1-2-4-13-5-3-9-21(10-8-13)17(12-20)14-6-7-15(18)16(19)11-14/h6-7,11,13,17H,2-5,8-10,12,20H2,1H3. The van der Waals surface area contributed by atoms with Gasteiger partial charge >= 0.3 is 0 Å². The van der Waals surface area contributed by atoms with Gasteiger partial charge in [0.05, 0.1) is 10.0 Å². The van der Waals surface area contributed by atoms with Gasteiger partial charge in [-0.25, -0.2) is 0 Å². The molecule has 1 aromatic rings. The summed E-state index contributed by atoms with van der Waals surface area (Å²) in [4.78, 5) is 2.52. The van der Waals surface area contributed by atoms with E-state index in [9.17, 15) is 0 Å². The van der Waals surface area contributed by atoms with E-state index in [2.05, 4.69) is 17.9 Å². The molecule has 0 radical (unpaired) electrons. The van der Waals surface area contributed by atoms with Crippen LogP contribution in [-0.2, 0) is 0 Å². The van der Waals surface area contributed by atoms with Crippen LogP contribution in [0.15, 0.2) is 18.2 Å². The van der Waals surface area contributed by atoms with Crippen molar-refractivity contribution in [1.29, 1.82) is 0 Å². The van der Waals surface area contributed by atoms with Gasteiger partial charge in [0.15, 0.2) is 0 Å². The third kappa shape index (κ3) is 4.59. The normalized spacial score (nSPS) is 22.0. The Hall–Kier alpha value is -0.280. The second kappa shape index (κ2) is 8.38. The van der Waals surface area contributed by atoms with Gasteiger partial charge in [0, 0.05) is 12.6 Å². The van der Waals surface area contributed by atoms with E-state index in [0.29, 0.717) is 16.6 Å². The van der Waals surface area contributed by atoms with Crippen LogP contribution in [0.4, 0.5) is 0 Å². The number of halogens is 2. The van der Waals surface area contributed by atoms with E-state index >= 15 is 0 Å². The number of benzene rings is 1. The molecule has 2 atom stereocenters. The van der Waals surface area contributed by atoms with Gasteiger partial charge in [-0.1, -0.05) is 49.0 Å². The van der Waals surface area contributed by atoms with Crippen molar-refractivity contribution in [3.8, 4) is 0 Å². The Balaban J connectivity index is 2.08. The van der Waals surface area contributed by atoms with E-state index < -0.39 is 0 Å². The molecule has 1 saturated heterocycles. The highest BCUT2D eigenvalue weighted by Gasteiger charge is 2.23. The lowest BCUT2D eigenvalue weighted by Gasteiger charge is -2.30. The van der Waals surface area contributed by atoms with E-state index in [0.717, 1.165) is 19.0 Å². The average molecular weight is 329 g/mol. The Bertz CT molecular complexity index is 450. The zero-order valence-electron chi connectivity index (χ0n) is 12.8. The van der Waals surface area contributed by atoms with Crippen LogP contribution in [0.2, 0.25) is 10.0 Å². The van der Waals surface area contributed by atoms with E-state index in [1.165, 1.54) is 37.7 Å². The summed E-state index contributed by atoms with van der Waals surface area (Å²) < 4.78 is 0. The molecule has 1 aliphatic heterocycles. The maximum Gasteiger partial charge on any atom is 0.0595 e. The fourth-order valence-corrected chi connectivity index (χ4v) is 3.72. The summed E-state index contributed by atoms with van der Waals surface area (Å²) >= 11 is 12.2. The Labute approximate surface area is 138 Å². The molecule has 1 aromatic carbocycles. The Morgan fingerprint density at radius 1 is 1.24 bits per heavy atom. The van der Waals surface area contributed by atoms with Crippen molar-refractivity contribution in [3.63, 3.8) is 0 Å². The first kappa shape index (κ1) is 17.1. The molecule has 4 heteroatoms.